The van der Waals surface area contributed by atoms with Crippen LogP contribution in [0.1, 0.15) is 25.0 Å². The highest BCUT2D eigenvalue weighted by Gasteiger charge is 2.05. The van der Waals surface area contributed by atoms with Gasteiger partial charge in [0.2, 0.25) is 0 Å². The zero-order valence-corrected chi connectivity index (χ0v) is 9.33. The third kappa shape index (κ3) is 2.11. The van der Waals surface area contributed by atoms with Gasteiger partial charge in [-0.2, -0.15) is 0 Å². The summed E-state index contributed by atoms with van der Waals surface area (Å²) in [5.41, 5.74) is 4.81. The molecule has 1 rings (SSSR count). The first-order chi connectivity index (χ1) is 6.70. The summed E-state index contributed by atoms with van der Waals surface area (Å²) in [7, 11) is 1.84. The third-order valence-electron chi connectivity index (χ3n) is 2.43. The Morgan fingerprint density at radius 1 is 1.29 bits per heavy atom. The van der Waals surface area contributed by atoms with Crippen molar-refractivity contribution in [2.24, 2.45) is 4.99 Å². The summed E-state index contributed by atoms with van der Waals surface area (Å²) in [6, 6.07) is 8.33. The summed E-state index contributed by atoms with van der Waals surface area (Å²) < 4.78 is 0. The van der Waals surface area contributed by atoms with Crippen LogP contribution in [-0.2, 0) is 0 Å². The van der Waals surface area contributed by atoms with Gasteiger partial charge in [0.25, 0.3) is 0 Å². The molecule has 0 heterocycles. The van der Waals surface area contributed by atoms with Crippen LogP contribution in [0.3, 0.4) is 0 Å². The molecule has 0 aliphatic carbocycles. The molecule has 0 amide bonds. The van der Waals surface area contributed by atoms with E-state index in [1.54, 1.807) is 0 Å². The molecule has 0 bridgehead atoms. The van der Waals surface area contributed by atoms with Gasteiger partial charge < -0.3 is 0 Å². The average Bonchev–Trinajstić information content (AvgIpc) is 2.21. The van der Waals surface area contributed by atoms with Crippen LogP contribution in [0.5, 0.6) is 0 Å². The first kappa shape index (κ1) is 10.7. The van der Waals surface area contributed by atoms with Crippen molar-refractivity contribution in [2.45, 2.75) is 20.8 Å². The van der Waals surface area contributed by atoms with Crippen molar-refractivity contribution in [1.29, 1.82) is 0 Å². The summed E-state index contributed by atoms with van der Waals surface area (Å²) in [5.74, 6) is 0. The van der Waals surface area contributed by atoms with Gasteiger partial charge in [0.05, 0.1) is 5.71 Å². The lowest BCUT2D eigenvalue weighted by atomic mass is 9.99. The Balaban J connectivity index is 3.22. The number of rotatable bonds is 2. The van der Waals surface area contributed by atoms with Crippen molar-refractivity contribution in [2.75, 3.05) is 7.05 Å². The van der Waals surface area contributed by atoms with Crippen LogP contribution < -0.4 is 0 Å². The van der Waals surface area contributed by atoms with E-state index in [0.717, 1.165) is 5.71 Å². The molecule has 1 heteroatoms. The monoisotopic (exact) mass is 187 g/mol. The first-order valence-corrected chi connectivity index (χ1v) is 4.86. The molecule has 0 saturated heterocycles. The highest BCUT2D eigenvalue weighted by atomic mass is 14.7. The number of benzene rings is 1. The van der Waals surface area contributed by atoms with Gasteiger partial charge in [0, 0.05) is 12.6 Å². The zero-order valence-electron chi connectivity index (χ0n) is 9.33. The smallest absolute Gasteiger partial charge is 0.0671 e. The Labute approximate surface area is 86.2 Å². The van der Waals surface area contributed by atoms with Crippen molar-refractivity contribution in [3.05, 3.63) is 47.0 Å². The van der Waals surface area contributed by atoms with E-state index in [1.165, 1.54) is 16.7 Å². The van der Waals surface area contributed by atoms with Crippen molar-refractivity contribution in [3.63, 3.8) is 0 Å². The molecule has 1 aromatic carbocycles. The highest BCUT2D eigenvalue weighted by molar-refractivity contribution is 6.12. The molecule has 0 radical (unpaired) electrons. The van der Waals surface area contributed by atoms with E-state index in [-0.39, 0.29) is 0 Å². The molecular weight excluding hydrogens is 170 g/mol. The Hall–Kier alpha value is -1.37. The van der Waals surface area contributed by atoms with E-state index in [2.05, 4.69) is 49.2 Å². The minimum absolute atomic E-state index is 1.09. The molecule has 0 fully saturated rings. The van der Waals surface area contributed by atoms with Gasteiger partial charge in [-0.1, -0.05) is 30.3 Å². The number of hydrogen-bond acceptors (Lipinski definition) is 1. The van der Waals surface area contributed by atoms with Gasteiger partial charge in [-0.25, -0.2) is 0 Å². The average molecular weight is 187 g/mol. The largest absolute Gasteiger partial charge is 0.288 e. The van der Waals surface area contributed by atoms with E-state index in [0.29, 0.717) is 0 Å². The second-order valence-electron chi connectivity index (χ2n) is 3.36. The van der Waals surface area contributed by atoms with Gasteiger partial charge >= 0.3 is 0 Å². The molecular formula is C13H17N. The Morgan fingerprint density at radius 3 is 2.43 bits per heavy atom. The molecule has 1 aromatic rings. The maximum Gasteiger partial charge on any atom is 0.0671 e. The Kier molecular flexibility index (Phi) is 3.63. The van der Waals surface area contributed by atoms with E-state index in [9.17, 15) is 0 Å². The van der Waals surface area contributed by atoms with Crippen molar-refractivity contribution in [3.8, 4) is 0 Å². The molecule has 0 N–H and O–H groups in total. The predicted octanol–water partition coefficient (Wildman–Crippen LogP) is 3.38. The SMILES string of the molecule is C/C=C(\C)C(=NC)c1ccccc1C. The van der Waals surface area contributed by atoms with Crippen LogP contribution in [0.15, 0.2) is 40.9 Å². The van der Waals surface area contributed by atoms with Crippen molar-refractivity contribution < 1.29 is 0 Å². The molecule has 14 heavy (non-hydrogen) atoms. The van der Waals surface area contributed by atoms with Crippen LogP contribution in [0.2, 0.25) is 0 Å². The number of aryl methyl sites for hydroxylation is 1. The normalized spacial score (nSPS) is 13.1. The lowest BCUT2D eigenvalue weighted by Gasteiger charge is -2.08. The lowest BCUT2D eigenvalue weighted by molar-refractivity contribution is 1.35. The molecule has 74 valence electrons. The topological polar surface area (TPSA) is 12.4 Å². The van der Waals surface area contributed by atoms with Crippen LogP contribution in [0, 0.1) is 6.92 Å². The van der Waals surface area contributed by atoms with Gasteiger partial charge in [-0.05, 0) is 31.9 Å². The fourth-order valence-electron chi connectivity index (χ4n) is 1.48. The van der Waals surface area contributed by atoms with Gasteiger partial charge in [-0.3, -0.25) is 4.99 Å². The predicted molar refractivity (Wildman–Crippen MR) is 63.1 cm³/mol. The molecule has 0 unspecified atom stereocenters. The first-order valence-electron chi connectivity index (χ1n) is 4.86. The second kappa shape index (κ2) is 4.75. The minimum Gasteiger partial charge on any atom is -0.288 e. The summed E-state index contributed by atoms with van der Waals surface area (Å²) in [4.78, 5) is 4.34. The summed E-state index contributed by atoms with van der Waals surface area (Å²) in [6.07, 6.45) is 2.09. The molecule has 0 aromatic heterocycles. The number of nitrogens with zero attached hydrogens (tertiary/aromatic N) is 1. The standard InChI is InChI=1S/C13H17N/c1-5-10(2)13(14-4)12-9-7-6-8-11(12)3/h5-9H,1-4H3/b10-5+,14-13?. The summed E-state index contributed by atoms with van der Waals surface area (Å²) in [5, 5.41) is 0. The third-order valence-corrected chi connectivity index (χ3v) is 2.43. The second-order valence-corrected chi connectivity index (χ2v) is 3.36. The molecule has 0 spiro atoms. The Bertz CT molecular complexity index is 373. The number of allylic oxidation sites excluding steroid dienone is 2. The van der Waals surface area contributed by atoms with E-state index < -0.39 is 0 Å². The van der Waals surface area contributed by atoms with E-state index in [1.807, 2.05) is 14.0 Å². The quantitative estimate of drug-likeness (QED) is 0.629. The Morgan fingerprint density at radius 2 is 1.93 bits per heavy atom. The van der Waals surface area contributed by atoms with Gasteiger partial charge in [-0.15, -0.1) is 0 Å². The van der Waals surface area contributed by atoms with Crippen LogP contribution in [0.4, 0.5) is 0 Å². The van der Waals surface area contributed by atoms with Gasteiger partial charge in [0.1, 0.15) is 0 Å². The number of hydrogen-bond donors (Lipinski definition) is 0. The van der Waals surface area contributed by atoms with Crippen LogP contribution >= 0.6 is 0 Å². The van der Waals surface area contributed by atoms with Crippen LogP contribution in [-0.4, -0.2) is 12.8 Å². The van der Waals surface area contributed by atoms with E-state index >= 15 is 0 Å². The maximum absolute atomic E-state index is 4.34. The van der Waals surface area contributed by atoms with Crippen molar-refractivity contribution >= 4 is 5.71 Å². The van der Waals surface area contributed by atoms with Gasteiger partial charge in [0.15, 0.2) is 0 Å². The summed E-state index contributed by atoms with van der Waals surface area (Å²) >= 11 is 0. The highest BCUT2D eigenvalue weighted by Crippen LogP contribution is 2.13. The van der Waals surface area contributed by atoms with E-state index in [4.69, 9.17) is 0 Å². The molecule has 0 aliphatic rings. The lowest BCUT2D eigenvalue weighted by Crippen LogP contribution is -2.04. The molecule has 1 nitrogen and oxygen atoms in total. The zero-order chi connectivity index (χ0) is 10.6. The maximum atomic E-state index is 4.34. The fourth-order valence-corrected chi connectivity index (χ4v) is 1.48. The van der Waals surface area contributed by atoms with Crippen molar-refractivity contribution in [1.82, 2.24) is 0 Å². The molecule has 0 atom stereocenters. The summed E-state index contributed by atoms with van der Waals surface area (Å²) in [6.45, 7) is 6.25. The minimum atomic E-state index is 1.09. The fraction of sp³-hybridized carbons (Fsp3) is 0.308. The molecule has 0 saturated carbocycles. The number of aliphatic imine (C=N–C) groups is 1. The van der Waals surface area contributed by atoms with Crippen LogP contribution in [0.25, 0.3) is 0 Å². The molecule has 0 aliphatic heterocycles.